The number of rotatable bonds is 9. The van der Waals surface area contributed by atoms with Crippen molar-refractivity contribution in [2.24, 2.45) is 0 Å². The Labute approximate surface area is 178 Å². The Morgan fingerprint density at radius 2 is 0.788 bits per heavy atom. The van der Waals surface area contributed by atoms with Crippen LogP contribution in [0.4, 0.5) is 74.6 Å². The van der Waals surface area contributed by atoms with Crippen molar-refractivity contribution >= 4 is 15.0 Å². The van der Waals surface area contributed by atoms with Crippen LogP contribution >= 0.6 is 0 Å². The SMILES string of the molecule is FC(F)(F)C(F)(F)C(F)(F)C(F)(F)C(F)(F)C(F)(F)C(F)(F)C(F)(F)[Se]Cc1ccccc1. The number of hydrogen-bond donors (Lipinski definition) is 0. The van der Waals surface area contributed by atoms with E-state index in [0.29, 0.717) is 0 Å². The van der Waals surface area contributed by atoms with Gasteiger partial charge in [-0.3, -0.25) is 0 Å². The zero-order chi connectivity index (χ0) is 26.5. The second-order valence-electron chi connectivity index (χ2n) is 6.24. The van der Waals surface area contributed by atoms with E-state index in [0.717, 1.165) is 24.3 Å². The van der Waals surface area contributed by atoms with Gasteiger partial charge in [0, 0.05) is 0 Å². The maximum absolute atomic E-state index is 13.7. The van der Waals surface area contributed by atoms with Crippen LogP contribution in [0, 0.1) is 0 Å². The van der Waals surface area contributed by atoms with Gasteiger partial charge in [0.2, 0.25) is 0 Å². The minimum atomic E-state index is -8.59. The van der Waals surface area contributed by atoms with Crippen molar-refractivity contribution in [1.29, 1.82) is 0 Å². The van der Waals surface area contributed by atoms with E-state index in [1.807, 2.05) is 0 Å². The third kappa shape index (κ3) is 4.36. The molecule has 0 spiro atoms. The fourth-order valence-corrected chi connectivity index (χ4v) is 3.77. The quantitative estimate of drug-likeness (QED) is 0.218. The van der Waals surface area contributed by atoms with Gasteiger partial charge in [-0.1, -0.05) is 0 Å². The van der Waals surface area contributed by atoms with Crippen LogP contribution in [0.1, 0.15) is 5.56 Å². The standard InChI is InChI=1S/C15H7F17Se/c16-8(17,10(20,21)12(24,25)14(28,29)30)9(18,19)11(22,23)13(26,27)15(31,32)33-6-7-4-2-1-3-5-7/h1-5H,6H2. The van der Waals surface area contributed by atoms with Crippen molar-refractivity contribution in [2.75, 3.05) is 0 Å². The first-order valence-electron chi connectivity index (χ1n) is 7.72. The zero-order valence-corrected chi connectivity index (χ0v) is 16.6. The van der Waals surface area contributed by atoms with Gasteiger partial charge in [-0.2, -0.15) is 0 Å². The molecule has 0 bridgehead atoms. The van der Waals surface area contributed by atoms with Gasteiger partial charge in [0.25, 0.3) is 0 Å². The average molecular weight is 589 g/mol. The molecule has 1 aromatic rings. The van der Waals surface area contributed by atoms with E-state index in [9.17, 15) is 74.6 Å². The molecule has 0 aliphatic heterocycles. The molecule has 0 N–H and O–H groups in total. The van der Waals surface area contributed by atoms with E-state index in [1.54, 1.807) is 0 Å². The predicted molar refractivity (Wildman–Crippen MR) is 76.6 cm³/mol. The second kappa shape index (κ2) is 8.34. The molecule has 1 rings (SSSR count). The van der Waals surface area contributed by atoms with Gasteiger partial charge < -0.3 is 0 Å². The average Bonchev–Trinajstić information content (AvgIpc) is 2.65. The fourth-order valence-electron chi connectivity index (χ4n) is 1.99. The predicted octanol–water partition coefficient (Wildman–Crippen LogP) is 6.86. The molecule has 0 amide bonds. The van der Waals surface area contributed by atoms with Crippen molar-refractivity contribution in [1.82, 2.24) is 0 Å². The van der Waals surface area contributed by atoms with Crippen LogP contribution < -0.4 is 0 Å². The van der Waals surface area contributed by atoms with E-state index in [2.05, 4.69) is 0 Å². The van der Waals surface area contributed by atoms with Gasteiger partial charge >= 0.3 is 177 Å². The zero-order valence-electron chi connectivity index (χ0n) is 14.9. The van der Waals surface area contributed by atoms with E-state index in [4.69, 9.17) is 0 Å². The van der Waals surface area contributed by atoms with Gasteiger partial charge in [-0.15, -0.1) is 0 Å². The molecule has 192 valence electrons. The van der Waals surface area contributed by atoms with Crippen molar-refractivity contribution in [3.8, 4) is 0 Å². The summed E-state index contributed by atoms with van der Waals surface area (Å²) in [6, 6.07) is 5.48. The molecule has 0 fully saturated rings. The molecule has 0 unspecified atom stereocenters. The van der Waals surface area contributed by atoms with Crippen molar-refractivity contribution in [3.05, 3.63) is 35.9 Å². The summed E-state index contributed by atoms with van der Waals surface area (Å²) in [5.41, 5.74) is -0.260. The Hall–Kier alpha value is -1.45. The monoisotopic (exact) mass is 590 g/mol. The first-order valence-corrected chi connectivity index (χ1v) is 9.79. The molecule has 0 aromatic heterocycles. The Kier molecular flexibility index (Phi) is 7.48. The molecule has 18 heteroatoms. The molecular weight excluding hydrogens is 582 g/mol. The molecule has 0 aliphatic carbocycles. The molecule has 0 aliphatic rings. The molecule has 0 radical (unpaired) electrons. The minimum absolute atomic E-state index is 0.260. The van der Waals surface area contributed by atoms with Gasteiger partial charge in [-0.05, 0) is 0 Å². The fraction of sp³-hybridized carbons (Fsp3) is 0.600. The Balaban J connectivity index is 3.46. The Bertz CT molecular complexity index is 811. The third-order valence-corrected chi connectivity index (χ3v) is 6.26. The van der Waals surface area contributed by atoms with Crippen LogP contribution in [0.15, 0.2) is 30.3 Å². The number of hydrogen-bond acceptors (Lipinski definition) is 0. The van der Waals surface area contributed by atoms with Crippen LogP contribution in [0.2, 0.25) is 0 Å². The van der Waals surface area contributed by atoms with Crippen molar-refractivity contribution in [2.45, 2.75) is 51.9 Å². The summed E-state index contributed by atoms with van der Waals surface area (Å²) in [6.45, 7) is 0. The van der Waals surface area contributed by atoms with E-state index in [1.165, 1.54) is 6.07 Å². The first-order chi connectivity index (χ1) is 14.3. The van der Waals surface area contributed by atoms with Gasteiger partial charge in [0.05, 0.1) is 0 Å². The molecule has 1 aromatic carbocycles. The molecule has 0 saturated heterocycles. The summed E-state index contributed by atoms with van der Waals surface area (Å²) in [4.78, 5) is -6.29. The van der Waals surface area contributed by atoms with Gasteiger partial charge in [0.1, 0.15) is 0 Å². The van der Waals surface area contributed by atoms with E-state index in [-0.39, 0.29) is 5.56 Å². The second-order valence-corrected chi connectivity index (χ2v) is 8.52. The van der Waals surface area contributed by atoms with Gasteiger partial charge in [0.15, 0.2) is 0 Å². The molecule has 0 heterocycles. The Morgan fingerprint density at radius 1 is 0.455 bits per heavy atom. The molecular formula is C15H7F17Se. The van der Waals surface area contributed by atoms with Crippen LogP contribution in [0.5, 0.6) is 0 Å². The summed E-state index contributed by atoms with van der Waals surface area (Å²) in [5.74, 6) is -49.5. The van der Waals surface area contributed by atoms with Crippen LogP contribution in [0.3, 0.4) is 0 Å². The van der Waals surface area contributed by atoms with Crippen LogP contribution in [-0.2, 0) is 5.32 Å². The van der Waals surface area contributed by atoms with Crippen molar-refractivity contribution in [3.63, 3.8) is 0 Å². The summed E-state index contributed by atoms with van der Waals surface area (Å²) in [5, 5.41) is -1.21. The van der Waals surface area contributed by atoms with E-state index < -0.39 is 66.8 Å². The molecule has 0 nitrogen and oxygen atoms in total. The Morgan fingerprint density at radius 3 is 1.15 bits per heavy atom. The summed E-state index contributed by atoms with van der Waals surface area (Å²) >= 11 is -3.15. The molecule has 33 heavy (non-hydrogen) atoms. The van der Waals surface area contributed by atoms with E-state index >= 15 is 0 Å². The molecule has 0 saturated carbocycles. The summed E-state index contributed by atoms with van der Waals surface area (Å²) in [6.07, 6.45) is -7.75. The normalized spacial score (nSPS) is 15.7. The van der Waals surface area contributed by atoms with Crippen molar-refractivity contribution < 1.29 is 74.6 Å². The summed E-state index contributed by atoms with van der Waals surface area (Å²) in [7, 11) is 0. The van der Waals surface area contributed by atoms with Gasteiger partial charge in [-0.25, -0.2) is 0 Å². The third-order valence-electron chi connectivity index (χ3n) is 3.96. The molecule has 0 atom stereocenters. The number of halogens is 17. The first kappa shape index (κ1) is 29.6. The van der Waals surface area contributed by atoms with Crippen LogP contribution in [0.25, 0.3) is 0 Å². The maximum atomic E-state index is 13.7. The topological polar surface area (TPSA) is 0 Å². The summed E-state index contributed by atoms with van der Waals surface area (Å²) < 4.78 is 223. The van der Waals surface area contributed by atoms with Crippen LogP contribution in [-0.4, -0.2) is 61.5 Å². The number of alkyl halides is 17. The number of benzene rings is 1.